The lowest BCUT2D eigenvalue weighted by molar-refractivity contribution is -0.113. The van der Waals surface area contributed by atoms with Crippen LogP contribution >= 0.6 is 11.8 Å². The van der Waals surface area contributed by atoms with Crippen molar-refractivity contribution in [1.29, 1.82) is 0 Å². The van der Waals surface area contributed by atoms with Crippen molar-refractivity contribution in [3.05, 3.63) is 54.1 Å². The van der Waals surface area contributed by atoms with Crippen molar-refractivity contribution in [2.45, 2.75) is 25.5 Å². The number of nitrogens with zero attached hydrogens (tertiary/aromatic N) is 4. The second kappa shape index (κ2) is 10.4. The predicted molar refractivity (Wildman–Crippen MR) is 126 cm³/mol. The molecule has 1 aliphatic rings. The molecule has 9 nitrogen and oxygen atoms in total. The van der Waals surface area contributed by atoms with Crippen LogP contribution in [0.25, 0.3) is 0 Å². The fourth-order valence-electron chi connectivity index (χ4n) is 3.51. The fourth-order valence-corrected chi connectivity index (χ4v) is 4.27. The van der Waals surface area contributed by atoms with Gasteiger partial charge in [0.05, 0.1) is 30.2 Å². The molecule has 0 aliphatic carbocycles. The number of aromatic nitrogens is 3. The molecule has 33 heavy (non-hydrogen) atoms. The molecule has 2 aromatic carbocycles. The van der Waals surface area contributed by atoms with Gasteiger partial charge in [0.2, 0.25) is 11.9 Å². The van der Waals surface area contributed by atoms with Crippen molar-refractivity contribution in [3.63, 3.8) is 0 Å². The molecule has 1 amide bonds. The van der Waals surface area contributed by atoms with Gasteiger partial charge in [-0.2, -0.15) is 0 Å². The number of esters is 1. The lowest BCUT2D eigenvalue weighted by Crippen LogP contribution is -2.17. The first-order valence-corrected chi connectivity index (χ1v) is 11.7. The molecule has 0 bridgehead atoms. The number of hydrogen-bond donors (Lipinski definition) is 1. The number of amides is 1. The van der Waals surface area contributed by atoms with Crippen LogP contribution in [0.1, 0.15) is 24.2 Å². The molecule has 172 valence electrons. The van der Waals surface area contributed by atoms with E-state index in [4.69, 9.17) is 9.47 Å². The second-order valence-electron chi connectivity index (χ2n) is 7.12. The van der Waals surface area contributed by atoms with Gasteiger partial charge in [-0.3, -0.25) is 9.36 Å². The summed E-state index contributed by atoms with van der Waals surface area (Å²) in [5.74, 6) is 1.00. The highest BCUT2D eigenvalue weighted by Crippen LogP contribution is 2.33. The summed E-state index contributed by atoms with van der Waals surface area (Å²) in [5, 5.41) is 12.1. The summed E-state index contributed by atoms with van der Waals surface area (Å²) >= 11 is 1.31. The Morgan fingerprint density at radius 3 is 2.58 bits per heavy atom. The highest BCUT2D eigenvalue weighted by molar-refractivity contribution is 7.99. The zero-order chi connectivity index (χ0) is 23.2. The molecule has 10 heteroatoms. The number of carbonyl (C=O) groups is 2. The molecular weight excluding hydrogens is 442 g/mol. The number of rotatable bonds is 9. The molecule has 1 aromatic heterocycles. The van der Waals surface area contributed by atoms with Crippen molar-refractivity contribution >= 4 is 41.0 Å². The van der Waals surface area contributed by atoms with Gasteiger partial charge in [-0.1, -0.05) is 23.9 Å². The molecule has 0 spiro atoms. The van der Waals surface area contributed by atoms with Gasteiger partial charge < -0.3 is 19.7 Å². The van der Waals surface area contributed by atoms with Crippen molar-refractivity contribution in [2.24, 2.45) is 0 Å². The number of anilines is 3. The second-order valence-corrected chi connectivity index (χ2v) is 8.06. The van der Waals surface area contributed by atoms with E-state index in [9.17, 15) is 9.59 Å². The monoisotopic (exact) mass is 467 g/mol. The quantitative estimate of drug-likeness (QED) is 0.375. The largest absolute Gasteiger partial charge is 0.494 e. The van der Waals surface area contributed by atoms with Gasteiger partial charge in [0.15, 0.2) is 5.16 Å². The summed E-state index contributed by atoms with van der Waals surface area (Å²) in [5.41, 5.74) is 1.76. The number of ether oxygens (including phenoxy) is 2. The normalized spacial score (nSPS) is 12.4. The lowest BCUT2D eigenvalue weighted by atomic mass is 10.2. The molecule has 0 fully saturated rings. The maximum absolute atomic E-state index is 12.5. The number of carbonyl (C=O) groups excluding carboxylic acids is 2. The maximum Gasteiger partial charge on any atom is 0.340 e. The van der Waals surface area contributed by atoms with E-state index in [-0.39, 0.29) is 18.3 Å². The Bertz CT molecular complexity index is 1130. The SMILES string of the molecule is CCOC(=O)c1ccccc1NC(=O)CSc1nnc2n1CCN2c1ccc(OCC)cc1. The number of benzene rings is 2. The topological polar surface area (TPSA) is 98.6 Å². The third-order valence-corrected chi connectivity index (χ3v) is 5.94. The minimum Gasteiger partial charge on any atom is -0.494 e. The van der Waals surface area contributed by atoms with Gasteiger partial charge in [0.25, 0.3) is 0 Å². The van der Waals surface area contributed by atoms with Gasteiger partial charge in [-0.05, 0) is 50.2 Å². The van der Waals surface area contributed by atoms with Crippen LogP contribution < -0.4 is 15.0 Å². The van der Waals surface area contributed by atoms with E-state index in [0.29, 0.717) is 23.0 Å². The van der Waals surface area contributed by atoms with E-state index in [0.717, 1.165) is 30.5 Å². The minimum atomic E-state index is -0.467. The highest BCUT2D eigenvalue weighted by atomic mass is 32.2. The minimum absolute atomic E-state index is 0.137. The molecule has 4 rings (SSSR count). The van der Waals surface area contributed by atoms with Crippen LogP contribution in [0, 0.1) is 0 Å². The maximum atomic E-state index is 12.5. The first kappa shape index (κ1) is 22.7. The van der Waals surface area contributed by atoms with Crippen LogP contribution in [0.4, 0.5) is 17.3 Å². The molecule has 3 aromatic rings. The van der Waals surface area contributed by atoms with Gasteiger partial charge in [-0.15, -0.1) is 10.2 Å². The van der Waals surface area contributed by atoms with Crippen molar-refractivity contribution < 1.29 is 19.1 Å². The van der Waals surface area contributed by atoms with Crippen LogP contribution in [0.5, 0.6) is 5.75 Å². The summed E-state index contributed by atoms with van der Waals surface area (Å²) in [7, 11) is 0. The molecule has 0 atom stereocenters. The smallest absolute Gasteiger partial charge is 0.340 e. The number of para-hydroxylation sites is 1. The number of thioether (sulfide) groups is 1. The third-order valence-electron chi connectivity index (χ3n) is 4.97. The van der Waals surface area contributed by atoms with Gasteiger partial charge in [0, 0.05) is 18.8 Å². The van der Waals surface area contributed by atoms with Crippen molar-refractivity contribution in [2.75, 3.05) is 35.7 Å². The van der Waals surface area contributed by atoms with E-state index in [1.54, 1.807) is 31.2 Å². The fraction of sp³-hybridized carbons (Fsp3) is 0.304. The Balaban J connectivity index is 1.39. The molecule has 0 radical (unpaired) electrons. The van der Waals surface area contributed by atoms with Gasteiger partial charge >= 0.3 is 5.97 Å². The summed E-state index contributed by atoms with van der Waals surface area (Å²) in [6.07, 6.45) is 0. The molecule has 0 unspecified atom stereocenters. The lowest BCUT2D eigenvalue weighted by Gasteiger charge is -2.15. The van der Waals surface area contributed by atoms with Crippen LogP contribution in [0.2, 0.25) is 0 Å². The Labute approximate surface area is 196 Å². The zero-order valence-corrected chi connectivity index (χ0v) is 19.3. The van der Waals surface area contributed by atoms with Gasteiger partial charge in [-0.25, -0.2) is 4.79 Å². The van der Waals surface area contributed by atoms with E-state index >= 15 is 0 Å². The zero-order valence-electron chi connectivity index (χ0n) is 18.5. The first-order valence-electron chi connectivity index (χ1n) is 10.7. The number of fused-ring (bicyclic) bond motifs is 1. The predicted octanol–water partition coefficient (Wildman–Crippen LogP) is 3.74. The van der Waals surface area contributed by atoms with E-state index in [2.05, 4.69) is 20.4 Å². The van der Waals surface area contributed by atoms with Crippen LogP contribution in [0.15, 0.2) is 53.7 Å². The summed E-state index contributed by atoms with van der Waals surface area (Å²) in [6, 6.07) is 14.7. The highest BCUT2D eigenvalue weighted by Gasteiger charge is 2.26. The van der Waals surface area contributed by atoms with Crippen molar-refractivity contribution in [3.8, 4) is 5.75 Å². The van der Waals surface area contributed by atoms with E-state index < -0.39 is 5.97 Å². The Morgan fingerprint density at radius 2 is 1.82 bits per heavy atom. The Kier molecular flexibility index (Phi) is 7.13. The molecule has 1 aliphatic heterocycles. The van der Waals surface area contributed by atoms with E-state index in [1.165, 1.54) is 11.8 Å². The third kappa shape index (κ3) is 5.11. The van der Waals surface area contributed by atoms with Crippen molar-refractivity contribution in [1.82, 2.24) is 14.8 Å². The Morgan fingerprint density at radius 1 is 1.03 bits per heavy atom. The molecular formula is C23H25N5O4S. The standard InChI is InChI=1S/C23H25N5O4S/c1-3-31-17-11-9-16(10-12-17)27-13-14-28-22(27)25-26-23(28)33-15-20(29)24-19-8-6-5-7-18(19)21(30)32-4-2/h5-12H,3-4,13-15H2,1-2H3,(H,24,29). The van der Waals surface area contributed by atoms with Gasteiger partial charge in [0.1, 0.15) is 5.75 Å². The van der Waals surface area contributed by atoms with E-state index in [1.807, 2.05) is 35.8 Å². The van der Waals surface area contributed by atoms with Crippen LogP contribution in [0.3, 0.4) is 0 Å². The summed E-state index contributed by atoms with van der Waals surface area (Å²) in [6.45, 7) is 6.08. The first-order chi connectivity index (χ1) is 16.1. The number of nitrogens with one attached hydrogen (secondary N) is 1. The number of hydrogen-bond acceptors (Lipinski definition) is 8. The average Bonchev–Trinajstić information content (AvgIpc) is 3.41. The Hall–Kier alpha value is -3.53. The molecule has 0 saturated heterocycles. The molecule has 1 N–H and O–H groups in total. The van der Waals surface area contributed by atoms with Crippen LogP contribution in [-0.2, 0) is 16.1 Å². The van der Waals surface area contributed by atoms with Crippen LogP contribution in [-0.4, -0.2) is 52.2 Å². The molecule has 0 saturated carbocycles. The molecule has 2 heterocycles. The summed E-state index contributed by atoms with van der Waals surface area (Å²) < 4.78 is 12.6. The summed E-state index contributed by atoms with van der Waals surface area (Å²) in [4.78, 5) is 26.7. The average molecular weight is 468 g/mol.